The highest BCUT2D eigenvalue weighted by molar-refractivity contribution is 7.97. The van der Waals surface area contributed by atoms with Gasteiger partial charge in [-0.2, -0.15) is 0 Å². The van der Waals surface area contributed by atoms with Crippen LogP contribution in [0.15, 0.2) is 82.9 Å². The number of benzene rings is 3. The number of unbranched alkanes of at least 4 members (excludes halogenated alkanes) is 1. The van der Waals surface area contributed by atoms with E-state index in [4.69, 9.17) is 17.3 Å². The lowest BCUT2D eigenvalue weighted by Gasteiger charge is -2.12. The Labute approximate surface area is 274 Å². The monoisotopic (exact) mass is 674 g/mol. The zero-order valence-electron chi connectivity index (χ0n) is 25.1. The van der Waals surface area contributed by atoms with Crippen LogP contribution in [0.3, 0.4) is 0 Å². The third-order valence-corrected chi connectivity index (χ3v) is 7.61. The lowest BCUT2D eigenvalue weighted by molar-refractivity contribution is -0.274. The molecule has 4 aromatic rings. The van der Waals surface area contributed by atoms with Crippen LogP contribution >= 0.6 is 23.5 Å². The van der Waals surface area contributed by atoms with Gasteiger partial charge in [0.2, 0.25) is 0 Å². The molecule has 0 aliphatic rings. The number of halogens is 4. The van der Waals surface area contributed by atoms with Gasteiger partial charge in [-0.1, -0.05) is 49.7 Å². The molecule has 5 N–H and O–H groups in total. The van der Waals surface area contributed by atoms with Gasteiger partial charge in [-0.25, -0.2) is 24.2 Å². The summed E-state index contributed by atoms with van der Waals surface area (Å²) in [6, 6.07) is 18.5. The number of guanidine groups is 1. The maximum atomic E-state index is 12.4. The van der Waals surface area contributed by atoms with Gasteiger partial charge in [0.1, 0.15) is 18.7 Å². The summed E-state index contributed by atoms with van der Waals surface area (Å²) in [5.74, 6) is 0.509. The van der Waals surface area contributed by atoms with E-state index in [-0.39, 0.29) is 18.4 Å². The van der Waals surface area contributed by atoms with E-state index in [9.17, 15) is 18.0 Å². The molecule has 0 bridgehead atoms. The normalized spacial score (nSPS) is 11.9. The average Bonchev–Trinajstić information content (AvgIpc) is 3.49. The van der Waals surface area contributed by atoms with Crippen molar-refractivity contribution in [3.63, 3.8) is 0 Å². The molecular formula is C31H34ClF3N8O2S. The Morgan fingerprint density at radius 1 is 1.11 bits per heavy atom. The third kappa shape index (κ3) is 11.0. The van der Waals surface area contributed by atoms with Gasteiger partial charge < -0.3 is 15.8 Å². The number of nitrogens with one attached hydrogen (secondary N) is 3. The standard InChI is InChI=1S/C31H34ClF3N8O2S/c1-20(2)26-14-9-23(32)17-27(26)46-40-18-38-29(36)41-30(44)37-15-4-3-6-21-7-5-8-22(16-21)28-39-19-43(42-28)24-10-12-25(13-11-24)45-31(33,34)35/h5,7-14,16-17,19-20,40H,3-4,6,15,18H2,1-2H3,(H4,36,37,38,41,44). The summed E-state index contributed by atoms with van der Waals surface area (Å²) in [6.45, 7) is 4.87. The maximum Gasteiger partial charge on any atom is 0.573 e. The molecule has 0 aliphatic heterocycles. The molecule has 4 rings (SSSR count). The summed E-state index contributed by atoms with van der Waals surface area (Å²) < 4.78 is 45.7. The first-order chi connectivity index (χ1) is 22.0. The predicted octanol–water partition coefficient (Wildman–Crippen LogP) is 6.80. The number of ether oxygens (including phenoxy) is 1. The minimum absolute atomic E-state index is 0.00105. The second kappa shape index (κ2) is 16.3. The molecule has 0 spiro atoms. The van der Waals surface area contributed by atoms with Crippen molar-refractivity contribution in [3.05, 3.63) is 89.2 Å². The highest BCUT2D eigenvalue weighted by Crippen LogP contribution is 2.29. The van der Waals surface area contributed by atoms with Crippen LogP contribution in [-0.4, -0.2) is 46.3 Å². The Hall–Kier alpha value is -4.27. The highest BCUT2D eigenvalue weighted by atomic mass is 35.5. The van der Waals surface area contributed by atoms with Crippen LogP contribution in [0.2, 0.25) is 5.02 Å². The molecule has 0 saturated heterocycles. The lowest BCUT2D eigenvalue weighted by Crippen LogP contribution is -2.44. The number of aryl methyl sites for hydroxylation is 1. The molecule has 10 nitrogen and oxygen atoms in total. The van der Waals surface area contributed by atoms with Gasteiger partial charge in [0.15, 0.2) is 11.8 Å². The van der Waals surface area contributed by atoms with Gasteiger partial charge in [0, 0.05) is 22.0 Å². The number of aliphatic imine (C=N–C) groups is 1. The molecule has 46 heavy (non-hydrogen) atoms. The highest BCUT2D eigenvalue weighted by Gasteiger charge is 2.31. The molecule has 0 saturated carbocycles. The molecule has 0 atom stereocenters. The number of amides is 2. The van der Waals surface area contributed by atoms with E-state index < -0.39 is 12.4 Å². The topological polar surface area (TPSA) is 131 Å². The van der Waals surface area contributed by atoms with Crippen LogP contribution in [0, 0.1) is 0 Å². The molecule has 0 fully saturated rings. The Balaban J connectivity index is 1.16. The number of rotatable bonds is 13. The van der Waals surface area contributed by atoms with Crippen molar-refractivity contribution in [2.75, 3.05) is 13.2 Å². The Morgan fingerprint density at radius 3 is 2.63 bits per heavy atom. The van der Waals surface area contributed by atoms with E-state index >= 15 is 0 Å². The van der Waals surface area contributed by atoms with E-state index in [1.807, 2.05) is 42.5 Å². The number of nitrogens with two attached hydrogens (primary N) is 1. The second-order valence-corrected chi connectivity index (χ2v) is 11.7. The molecular weight excluding hydrogens is 641 g/mol. The summed E-state index contributed by atoms with van der Waals surface area (Å²) in [5.41, 5.74) is 9.43. The van der Waals surface area contributed by atoms with Crippen molar-refractivity contribution in [1.82, 2.24) is 30.1 Å². The van der Waals surface area contributed by atoms with Crippen LogP contribution in [-0.2, 0) is 6.42 Å². The first-order valence-electron chi connectivity index (χ1n) is 14.4. The van der Waals surface area contributed by atoms with Gasteiger partial charge in [0.25, 0.3) is 0 Å². The van der Waals surface area contributed by atoms with Crippen molar-refractivity contribution >= 4 is 35.5 Å². The van der Waals surface area contributed by atoms with E-state index in [1.165, 1.54) is 52.8 Å². The van der Waals surface area contributed by atoms with Gasteiger partial charge in [-0.3, -0.25) is 5.32 Å². The molecule has 244 valence electrons. The van der Waals surface area contributed by atoms with E-state index in [1.54, 1.807) is 0 Å². The predicted molar refractivity (Wildman–Crippen MR) is 174 cm³/mol. The Morgan fingerprint density at radius 2 is 1.89 bits per heavy atom. The minimum atomic E-state index is -4.75. The SMILES string of the molecule is CC(C)c1ccc(Cl)cc1SNCN=C(N)NC(=O)NCCCCc1cccc(-c2ncn(-c3ccc(OC(F)(F)F)cc3)n2)c1. The quantitative estimate of drug-likeness (QED) is 0.0531. The van der Waals surface area contributed by atoms with Crippen LogP contribution < -0.4 is 25.8 Å². The third-order valence-electron chi connectivity index (χ3n) is 6.52. The Kier molecular flexibility index (Phi) is 12.3. The van der Waals surface area contributed by atoms with Crippen LogP contribution in [0.5, 0.6) is 5.75 Å². The second-order valence-electron chi connectivity index (χ2n) is 10.4. The molecule has 3 aromatic carbocycles. The van der Waals surface area contributed by atoms with E-state index in [0.29, 0.717) is 29.0 Å². The van der Waals surface area contributed by atoms with Gasteiger partial charge >= 0.3 is 12.4 Å². The summed E-state index contributed by atoms with van der Waals surface area (Å²) >= 11 is 7.53. The van der Waals surface area contributed by atoms with E-state index in [0.717, 1.165) is 35.3 Å². The molecule has 0 radical (unpaired) electrons. The number of aromatic nitrogens is 3. The number of carbonyl (C=O) groups is 1. The summed E-state index contributed by atoms with van der Waals surface area (Å²) in [7, 11) is 0. The number of urea groups is 1. The number of hydrogen-bond donors (Lipinski definition) is 4. The van der Waals surface area contributed by atoms with Crippen molar-refractivity contribution in [1.29, 1.82) is 0 Å². The van der Waals surface area contributed by atoms with E-state index in [2.05, 4.69) is 49.0 Å². The number of hydrogen-bond acceptors (Lipinski definition) is 7. The Bertz CT molecular complexity index is 1630. The summed E-state index contributed by atoms with van der Waals surface area (Å²) in [5, 5.41) is 10.4. The molecule has 2 amide bonds. The molecule has 15 heteroatoms. The molecule has 1 aromatic heterocycles. The minimum Gasteiger partial charge on any atom is -0.406 e. The molecule has 0 aliphatic carbocycles. The number of alkyl halides is 3. The fourth-order valence-corrected chi connectivity index (χ4v) is 5.47. The first-order valence-corrected chi connectivity index (χ1v) is 15.6. The van der Waals surface area contributed by atoms with Crippen molar-refractivity contribution in [3.8, 4) is 22.8 Å². The van der Waals surface area contributed by atoms with Gasteiger partial charge in [0.05, 0.1) is 5.69 Å². The largest absolute Gasteiger partial charge is 0.573 e. The smallest absolute Gasteiger partial charge is 0.406 e. The summed E-state index contributed by atoms with van der Waals surface area (Å²) in [6.07, 6.45) is -0.918. The number of carbonyl (C=O) groups excluding carboxylic acids is 1. The summed E-state index contributed by atoms with van der Waals surface area (Å²) in [4.78, 5) is 21.7. The van der Waals surface area contributed by atoms with Crippen molar-refractivity contribution < 1.29 is 22.7 Å². The lowest BCUT2D eigenvalue weighted by atomic mass is 10.0. The van der Waals surface area contributed by atoms with Crippen LogP contribution in [0.4, 0.5) is 18.0 Å². The van der Waals surface area contributed by atoms with Crippen molar-refractivity contribution in [2.24, 2.45) is 10.7 Å². The average molecular weight is 675 g/mol. The van der Waals surface area contributed by atoms with Gasteiger partial charge in [-0.05, 0) is 90.7 Å². The zero-order chi connectivity index (χ0) is 33.1. The fraction of sp³-hybridized carbons (Fsp3) is 0.290. The van der Waals surface area contributed by atoms with Crippen LogP contribution in [0.1, 0.15) is 43.7 Å². The van der Waals surface area contributed by atoms with Crippen molar-refractivity contribution in [2.45, 2.75) is 50.3 Å². The zero-order valence-corrected chi connectivity index (χ0v) is 26.7. The molecule has 0 unspecified atom stereocenters. The molecule has 1 heterocycles. The fourth-order valence-electron chi connectivity index (χ4n) is 4.34. The first kappa shape index (κ1) is 34.6. The van der Waals surface area contributed by atoms with Gasteiger partial charge in [-0.15, -0.1) is 18.3 Å². The number of nitrogens with zero attached hydrogens (tertiary/aromatic N) is 4. The maximum absolute atomic E-state index is 12.4. The van der Waals surface area contributed by atoms with Crippen LogP contribution in [0.25, 0.3) is 17.1 Å².